The van der Waals surface area contributed by atoms with E-state index in [0.717, 1.165) is 32.7 Å². The number of nitrogens with zero attached hydrogens (tertiary/aromatic N) is 2. The van der Waals surface area contributed by atoms with Crippen molar-refractivity contribution in [3.8, 4) is 0 Å². The molecule has 0 aliphatic carbocycles. The van der Waals surface area contributed by atoms with E-state index < -0.39 is 0 Å². The standard InChI is InChI=1S/C26H32N2O/c1-23(29)19-27(20-24-11-5-2-6-12-24)17-18-28(21-25-13-7-3-8-14-25)22-26-15-9-4-10-16-26/h2-16,23,29H,17-22H2,1H3. The number of aliphatic hydroxyl groups excluding tert-OH is 1. The molecule has 152 valence electrons. The van der Waals surface area contributed by atoms with Crippen molar-refractivity contribution < 1.29 is 5.11 Å². The summed E-state index contributed by atoms with van der Waals surface area (Å²) in [6, 6.07) is 31.8. The smallest absolute Gasteiger partial charge is 0.0639 e. The van der Waals surface area contributed by atoms with Crippen molar-refractivity contribution in [1.29, 1.82) is 0 Å². The molecular weight excluding hydrogens is 356 g/mol. The Bertz CT molecular complexity index is 764. The molecule has 0 amide bonds. The SMILES string of the molecule is CC(O)CN(CCN(Cc1ccccc1)Cc1ccccc1)Cc1ccccc1. The molecule has 3 heteroatoms. The van der Waals surface area contributed by atoms with Crippen molar-refractivity contribution in [2.24, 2.45) is 0 Å². The van der Waals surface area contributed by atoms with Gasteiger partial charge in [-0.05, 0) is 23.6 Å². The van der Waals surface area contributed by atoms with E-state index in [1.165, 1.54) is 16.7 Å². The first-order chi connectivity index (χ1) is 14.2. The van der Waals surface area contributed by atoms with Crippen LogP contribution in [0.2, 0.25) is 0 Å². The zero-order valence-corrected chi connectivity index (χ0v) is 17.3. The molecule has 0 aromatic heterocycles. The van der Waals surface area contributed by atoms with E-state index in [-0.39, 0.29) is 6.10 Å². The van der Waals surface area contributed by atoms with Gasteiger partial charge in [-0.25, -0.2) is 0 Å². The summed E-state index contributed by atoms with van der Waals surface area (Å²) in [7, 11) is 0. The quantitative estimate of drug-likeness (QED) is 0.521. The summed E-state index contributed by atoms with van der Waals surface area (Å²) in [5.41, 5.74) is 3.94. The van der Waals surface area contributed by atoms with Crippen molar-refractivity contribution in [3.63, 3.8) is 0 Å². The maximum Gasteiger partial charge on any atom is 0.0639 e. The summed E-state index contributed by atoms with van der Waals surface area (Å²) in [6.07, 6.45) is -0.338. The van der Waals surface area contributed by atoms with Gasteiger partial charge in [0.1, 0.15) is 0 Å². The second kappa shape index (κ2) is 11.5. The molecule has 0 fully saturated rings. The zero-order valence-electron chi connectivity index (χ0n) is 17.3. The van der Waals surface area contributed by atoms with Crippen LogP contribution in [0.1, 0.15) is 23.6 Å². The molecule has 1 N–H and O–H groups in total. The fourth-order valence-corrected chi connectivity index (χ4v) is 3.63. The molecule has 1 atom stereocenters. The van der Waals surface area contributed by atoms with E-state index in [1.807, 2.05) is 13.0 Å². The largest absolute Gasteiger partial charge is 0.392 e. The highest BCUT2D eigenvalue weighted by atomic mass is 16.3. The fourth-order valence-electron chi connectivity index (χ4n) is 3.63. The van der Waals surface area contributed by atoms with Crippen LogP contribution in [0.25, 0.3) is 0 Å². The van der Waals surface area contributed by atoms with Gasteiger partial charge in [0.05, 0.1) is 6.10 Å². The van der Waals surface area contributed by atoms with Gasteiger partial charge in [-0.15, -0.1) is 0 Å². The average molecular weight is 389 g/mol. The van der Waals surface area contributed by atoms with E-state index in [1.54, 1.807) is 0 Å². The van der Waals surface area contributed by atoms with Crippen molar-refractivity contribution in [3.05, 3.63) is 108 Å². The molecule has 0 bridgehead atoms. The van der Waals surface area contributed by atoms with Gasteiger partial charge in [0.25, 0.3) is 0 Å². The van der Waals surface area contributed by atoms with Gasteiger partial charge in [-0.2, -0.15) is 0 Å². The van der Waals surface area contributed by atoms with Gasteiger partial charge in [0, 0.05) is 39.3 Å². The first-order valence-corrected chi connectivity index (χ1v) is 10.4. The number of rotatable bonds is 11. The molecule has 0 heterocycles. The molecule has 3 aromatic rings. The lowest BCUT2D eigenvalue weighted by Gasteiger charge is -2.29. The zero-order chi connectivity index (χ0) is 20.3. The van der Waals surface area contributed by atoms with Crippen molar-refractivity contribution >= 4 is 0 Å². The lowest BCUT2D eigenvalue weighted by molar-refractivity contribution is 0.109. The summed E-state index contributed by atoms with van der Waals surface area (Å²) < 4.78 is 0. The molecule has 0 saturated carbocycles. The minimum atomic E-state index is -0.338. The topological polar surface area (TPSA) is 26.7 Å². The summed E-state index contributed by atoms with van der Waals surface area (Å²) in [5.74, 6) is 0. The average Bonchev–Trinajstić information content (AvgIpc) is 2.74. The number of benzene rings is 3. The monoisotopic (exact) mass is 388 g/mol. The van der Waals surface area contributed by atoms with E-state index in [2.05, 4.69) is 94.7 Å². The molecule has 29 heavy (non-hydrogen) atoms. The number of hydrogen-bond acceptors (Lipinski definition) is 3. The Morgan fingerprint density at radius 3 is 1.31 bits per heavy atom. The molecule has 0 radical (unpaired) electrons. The maximum absolute atomic E-state index is 9.98. The van der Waals surface area contributed by atoms with Crippen LogP contribution >= 0.6 is 0 Å². The van der Waals surface area contributed by atoms with E-state index in [9.17, 15) is 5.11 Å². The highest BCUT2D eigenvalue weighted by Crippen LogP contribution is 2.12. The van der Waals surface area contributed by atoms with Crippen LogP contribution in [-0.2, 0) is 19.6 Å². The number of hydrogen-bond donors (Lipinski definition) is 1. The first kappa shape index (κ1) is 21.3. The van der Waals surface area contributed by atoms with Crippen LogP contribution in [0.4, 0.5) is 0 Å². The molecular formula is C26H32N2O. The molecule has 3 aromatic carbocycles. The minimum Gasteiger partial charge on any atom is -0.392 e. The van der Waals surface area contributed by atoms with Crippen LogP contribution in [-0.4, -0.2) is 40.6 Å². The molecule has 0 aliphatic rings. The molecule has 0 aliphatic heterocycles. The summed E-state index contributed by atoms with van der Waals surface area (Å²) in [4.78, 5) is 4.84. The van der Waals surface area contributed by atoms with Crippen LogP contribution in [0.3, 0.4) is 0 Å². The van der Waals surface area contributed by atoms with Crippen LogP contribution in [0, 0.1) is 0 Å². The van der Waals surface area contributed by atoms with Gasteiger partial charge in [-0.3, -0.25) is 9.80 Å². The van der Waals surface area contributed by atoms with E-state index in [0.29, 0.717) is 6.54 Å². The lowest BCUT2D eigenvalue weighted by Crippen LogP contribution is -2.37. The Balaban J connectivity index is 1.66. The summed E-state index contributed by atoms with van der Waals surface area (Å²) in [6.45, 7) is 7.11. The first-order valence-electron chi connectivity index (χ1n) is 10.4. The third kappa shape index (κ3) is 7.82. The van der Waals surface area contributed by atoms with Crippen molar-refractivity contribution in [2.45, 2.75) is 32.7 Å². The van der Waals surface area contributed by atoms with E-state index >= 15 is 0 Å². The van der Waals surface area contributed by atoms with Gasteiger partial charge < -0.3 is 5.11 Å². The van der Waals surface area contributed by atoms with Crippen molar-refractivity contribution in [1.82, 2.24) is 9.80 Å². The molecule has 3 nitrogen and oxygen atoms in total. The Morgan fingerprint density at radius 1 is 0.586 bits per heavy atom. The van der Waals surface area contributed by atoms with Gasteiger partial charge in [-0.1, -0.05) is 91.0 Å². The Kier molecular flexibility index (Phi) is 8.44. The molecule has 0 spiro atoms. The summed E-state index contributed by atoms with van der Waals surface area (Å²) in [5, 5.41) is 9.98. The highest BCUT2D eigenvalue weighted by molar-refractivity contribution is 5.17. The molecule has 0 saturated heterocycles. The predicted octanol–water partition coefficient (Wildman–Crippen LogP) is 4.57. The van der Waals surface area contributed by atoms with Crippen molar-refractivity contribution in [2.75, 3.05) is 19.6 Å². The van der Waals surface area contributed by atoms with Gasteiger partial charge in [0.2, 0.25) is 0 Å². The maximum atomic E-state index is 9.98. The summed E-state index contributed by atoms with van der Waals surface area (Å²) >= 11 is 0. The highest BCUT2D eigenvalue weighted by Gasteiger charge is 2.13. The second-order valence-electron chi connectivity index (χ2n) is 7.75. The lowest BCUT2D eigenvalue weighted by atomic mass is 10.1. The van der Waals surface area contributed by atoms with Gasteiger partial charge >= 0.3 is 0 Å². The third-order valence-electron chi connectivity index (χ3n) is 5.00. The van der Waals surface area contributed by atoms with Crippen LogP contribution < -0.4 is 0 Å². The molecule has 3 rings (SSSR count). The Hall–Kier alpha value is -2.46. The Morgan fingerprint density at radius 2 is 0.931 bits per heavy atom. The third-order valence-corrected chi connectivity index (χ3v) is 5.00. The molecule has 1 unspecified atom stereocenters. The Labute approximate surface area is 175 Å². The van der Waals surface area contributed by atoms with Crippen LogP contribution in [0.5, 0.6) is 0 Å². The van der Waals surface area contributed by atoms with Crippen LogP contribution in [0.15, 0.2) is 91.0 Å². The predicted molar refractivity (Wildman–Crippen MR) is 120 cm³/mol. The van der Waals surface area contributed by atoms with E-state index in [4.69, 9.17) is 0 Å². The fraction of sp³-hybridized carbons (Fsp3) is 0.308. The normalized spacial score (nSPS) is 12.4. The second-order valence-corrected chi connectivity index (χ2v) is 7.75. The minimum absolute atomic E-state index is 0.338. The van der Waals surface area contributed by atoms with Gasteiger partial charge in [0.15, 0.2) is 0 Å². The number of aliphatic hydroxyl groups is 1.